The van der Waals surface area contributed by atoms with E-state index in [0.717, 1.165) is 10.5 Å². The Kier molecular flexibility index (Phi) is 3.41. The summed E-state index contributed by atoms with van der Waals surface area (Å²) in [6, 6.07) is 0. The number of hydrogen-bond donors (Lipinski definition) is 1. The van der Waals surface area contributed by atoms with Gasteiger partial charge in [-0.1, -0.05) is 19.9 Å². The van der Waals surface area contributed by atoms with Crippen LogP contribution in [0.5, 0.6) is 0 Å². The fourth-order valence-electron chi connectivity index (χ4n) is 1.15. The van der Waals surface area contributed by atoms with Crippen molar-refractivity contribution >= 4 is 22.8 Å². The Hall–Kier alpha value is -1.16. The first-order valence-electron chi connectivity index (χ1n) is 4.45. The van der Waals surface area contributed by atoms with Crippen LogP contribution in [0.15, 0.2) is 12.3 Å². The molecule has 1 amide bonds. The lowest BCUT2D eigenvalue weighted by molar-refractivity contribution is 0.1000. The Morgan fingerprint density at radius 3 is 2.71 bits per heavy atom. The van der Waals surface area contributed by atoms with Crippen molar-refractivity contribution in [2.45, 2.75) is 20.8 Å². The summed E-state index contributed by atoms with van der Waals surface area (Å²) < 4.78 is 0. The molecule has 0 saturated heterocycles. The summed E-state index contributed by atoms with van der Waals surface area (Å²) in [6.45, 7) is 6.23. The first kappa shape index (κ1) is 10.9. The molecule has 4 heteroatoms. The molecular weight excluding hydrogens is 196 g/mol. The molecule has 2 N–H and O–H groups in total. The number of nitrogens with two attached hydrogens (primary N) is 1. The van der Waals surface area contributed by atoms with E-state index in [1.807, 2.05) is 6.92 Å². The molecule has 0 saturated carbocycles. The van der Waals surface area contributed by atoms with Crippen LogP contribution in [-0.4, -0.2) is 10.9 Å². The molecule has 1 aromatic heterocycles. The number of nitrogens with zero attached hydrogens (tertiary/aromatic N) is 1. The van der Waals surface area contributed by atoms with Crippen LogP contribution in [0.4, 0.5) is 0 Å². The van der Waals surface area contributed by atoms with Gasteiger partial charge in [-0.25, -0.2) is 4.98 Å². The second-order valence-corrected chi connectivity index (χ2v) is 4.52. The van der Waals surface area contributed by atoms with Gasteiger partial charge in [0.05, 0.1) is 4.88 Å². The van der Waals surface area contributed by atoms with E-state index in [9.17, 15) is 4.79 Å². The average Bonchev–Trinajstić information content (AvgIpc) is 2.50. The van der Waals surface area contributed by atoms with Gasteiger partial charge in [0.2, 0.25) is 0 Å². The Labute approximate surface area is 87.7 Å². The molecule has 0 spiro atoms. The number of thiazole rings is 1. The minimum atomic E-state index is -0.460. The van der Waals surface area contributed by atoms with E-state index in [0.29, 0.717) is 10.9 Å². The fourth-order valence-corrected chi connectivity index (χ4v) is 1.90. The Morgan fingerprint density at radius 2 is 2.29 bits per heavy atom. The standard InChI is InChI=1S/C10H14N2OS/c1-6(2)4-7(3)8-5-12-10(14-8)9(11)13/h4-6H,1-3H3,(H2,11,13). The van der Waals surface area contributed by atoms with Gasteiger partial charge >= 0.3 is 0 Å². The van der Waals surface area contributed by atoms with Gasteiger partial charge in [0, 0.05) is 6.20 Å². The van der Waals surface area contributed by atoms with E-state index in [1.54, 1.807) is 6.20 Å². The van der Waals surface area contributed by atoms with E-state index in [2.05, 4.69) is 24.9 Å². The zero-order valence-electron chi connectivity index (χ0n) is 8.57. The number of hydrogen-bond acceptors (Lipinski definition) is 3. The van der Waals surface area contributed by atoms with Crippen molar-refractivity contribution in [2.24, 2.45) is 11.7 Å². The molecule has 1 aromatic rings. The normalized spacial score (nSPS) is 12.1. The lowest BCUT2D eigenvalue weighted by Gasteiger charge is -1.98. The Bertz CT molecular complexity index is 366. The van der Waals surface area contributed by atoms with E-state index < -0.39 is 5.91 Å². The van der Waals surface area contributed by atoms with Crippen LogP contribution in [0.1, 0.15) is 35.5 Å². The highest BCUT2D eigenvalue weighted by Crippen LogP contribution is 2.22. The summed E-state index contributed by atoms with van der Waals surface area (Å²) in [7, 11) is 0. The molecule has 0 aliphatic rings. The third-order valence-electron chi connectivity index (χ3n) is 1.69. The van der Waals surface area contributed by atoms with Crippen molar-refractivity contribution in [3.8, 4) is 0 Å². The van der Waals surface area contributed by atoms with Crippen LogP contribution in [0.25, 0.3) is 5.57 Å². The van der Waals surface area contributed by atoms with E-state index in [4.69, 9.17) is 5.73 Å². The third-order valence-corrected chi connectivity index (χ3v) is 2.84. The summed E-state index contributed by atoms with van der Waals surface area (Å²) in [5, 5.41) is 0.372. The molecule has 0 radical (unpaired) electrons. The molecule has 0 aliphatic carbocycles. The topological polar surface area (TPSA) is 56.0 Å². The highest BCUT2D eigenvalue weighted by Gasteiger charge is 2.07. The number of allylic oxidation sites excluding steroid dienone is 2. The van der Waals surface area contributed by atoms with Crippen LogP contribution in [0.3, 0.4) is 0 Å². The van der Waals surface area contributed by atoms with Gasteiger partial charge in [0.1, 0.15) is 0 Å². The second kappa shape index (κ2) is 4.37. The zero-order chi connectivity index (χ0) is 10.7. The first-order chi connectivity index (χ1) is 6.50. The van der Waals surface area contributed by atoms with E-state index in [-0.39, 0.29) is 0 Å². The number of primary amides is 1. The van der Waals surface area contributed by atoms with Crippen molar-refractivity contribution in [2.75, 3.05) is 0 Å². The van der Waals surface area contributed by atoms with Gasteiger partial charge in [-0.15, -0.1) is 11.3 Å². The number of aromatic nitrogens is 1. The molecular formula is C10H14N2OS. The molecule has 0 unspecified atom stereocenters. The van der Waals surface area contributed by atoms with Crippen molar-refractivity contribution in [3.05, 3.63) is 22.2 Å². The summed E-state index contributed by atoms with van der Waals surface area (Å²) in [6.07, 6.45) is 3.83. The number of rotatable bonds is 3. The Morgan fingerprint density at radius 1 is 1.64 bits per heavy atom. The number of carbonyl (C=O) groups is 1. The van der Waals surface area contributed by atoms with Crippen LogP contribution in [-0.2, 0) is 0 Å². The maximum atomic E-state index is 10.8. The van der Waals surface area contributed by atoms with Crippen molar-refractivity contribution in [1.29, 1.82) is 0 Å². The van der Waals surface area contributed by atoms with Gasteiger partial charge < -0.3 is 5.73 Å². The molecule has 0 aromatic carbocycles. The van der Waals surface area contributed by atoms with Gasteiger partial charge in [-0.05, 0) is 18.4 Å². The zero-order valence-corrected chi connectivity index (χ0v) is 9.39. The van der Waals surface area contributed by atoms with Crippen LogP contribution in [0, 0.1) is 5.92 Å². The van der Waals surface area contributed by atoms with Crippen LogP contribution >= 0.6 is 11.3 Å². The minimum Gasteiger partial charge on any atom is -0.364 e. The molecule has 0 bridgehead atoms. The average molecular weight is 210 g/mol. The third kappa shape index (κ3) is 2.67. The predicted octanol–water partition coefficient (Wildman–Crippen LogP) is 2.30. The fraction of sp³-hybridized carbons (Fsp3) is 0.400. The van der Waals surface area contributed by atoms with Gasteiger partial charge in [0.25, 0.3) is 5.91 Å². The second-order valence-electron chi connectivity index (χ2n) is 3.49. The van der Waals surface area contributed by atoms with Crippen LogP contribution < -0.4 is 5.73 Å². The summed E-state index contributed by atoms with van der Waals surface area (Å²) in [5.41, 5.74) is 6.26. The molecule has 0 fully saturated rings. The summed E-state index contributed by atoms with van der Waals surface area (Å²) >= 11 is 1.34. The molecule has 0 aliphatic heterocycles. The summed E-state index contributed by atoms with van der Waals surface area (Å²) in [5.74, 6) is 0.0349. The SMILES string of the molecule is CC(=CC(C)C)c1cnc(C(N)=O)s1. The lowest BCUT2D eigenvalue weighted by Crippen LogP contribution is -2.09. The highest BCUT2D eigenvalue weighted by atomic mass is 32.1. The van der Waals surface area contributed by atoms with Gasteiger partial charge in [-0.3, -0.25) is 4.79 Å². The molecule has 3 nitrogen and oxygen atoms in total. The maximum Gasteiger partial charge on any atom is 0.277 e. The van der Waals surface area contributed by atoms with Crippen molar-refractivity contribution in [3.63, 3.8) is 0 Å². The number of carbonyl (C=O) groups excluding carboxylic acids is 1. The summed E-state index contributed by atoms with van der Waals surface area (Å²) in [4.78, 5) is 15.8. The predicted molar refractivity (Wildman–Crippen MR) is 59.1 cm³/mol. The lowest BCUT2D eigenvalue weighted by atomic mass is 10.1. The molecule has 1 rings (SSSR count). The maximum absolute atomic E-state index is 10.8. The largest absolute Gasteiger partial charge is 0.364 e. The van der Waals surface area contributed by atoms with Gasteiger partial charge in [-0.2, -0.15) is 0 Å². The van der Waals surface area contributed by atoms with Crippen molar-refractivity contribution < 1.29 is 4.79 Å². The smallest absolute Gasteiger partial charge is 0.277 e. The molecule has 0 atom stereocenters. The van der Waals surface area contributed by atoms with Crippen molar-refractivity contribution in [1.82, 2.24) is 4.98 Å². The van der Waals surface area contributed by atoms with E-state index >= 15 is 0 Å². The minimum absolute atomic E-state index is 0.372. The number of amides is 1. The van der Waals surface area contributed by atoms with Crippen LogP contribution in [0.2, 0.25) is 0 Å². The quantitative estimate of drug-likeness (QED) is 0.832. The monoisotopic (exact) mass is 210 g/mol. The molecule has 1 heterocycles. The first-order valence-corrected chi connectivity index (χ1v) is 5.26. The molecule has 14 heavy (non-hydrogen) atoms. The molecule has 76 valence electrons. The highest BCUT2D eigenvalue weighted by molar-refractivity contribution is 7.14. The Balaban J connectivity index is 2.92. The van der Waals surface area contributed by atoms with Gasteiger partial charge in [0.15, 0.2) is 5.01 Å². The van der Waals surface area contributed by atoms with E-state index in [1.165, 1.54) is 11.3 Å².